The van der Waals surface area contributed by atoms with Crippen LogP contribution in [0.25, 0.3) is 0 Å². The average molecular weight is 282 g/mol. The predicted molar refractivity (Wildman–Crippen MR) is 61.1 cm³/mol. The zero-order chi connectivity index (χ0) is 13.4. The van der Waals surface area contributed by atoms with E-state index in [1.54, 1.807) is 30.6 Å². The number of hydrogen-bond donors (Lipinski definition) is 0. The van der Waals surface area contributed by atoms with Gasteiger partial charge in [-0.25, -0.2) is 12.1 Å². The molecule has 0 unspecified atom stereocenters. The van der Waals surface area contributed by atoms with Gasteiger partial charge >= 0.3 is 39.7 Å². The summed E-state index contributed by atoms with van der Waals surface area (Å²) in [6.45, 7) is 9.00. The maximum atomic E-state index is 9.88. The summed E-state index contributed by atoms with van der Waals surface area (Å²) in [6, 6.07) is 18.9. The van der Waals surface area contributed by atoms with Crippen LogP contribution in [-0.2, 0) is 31.2 Å². The topological polar surface area (TPSA) is 56.9 Å². The van der Waals surface area contributed by atoms with Crippen LogP contribution in [-0.4, -0.2) is 6.29 Å². The van der Waals surface area contributed by atoms with E-state index in [2.05, 4.69) is 13.3 Å². The molecule has 0 fully saturated rings. The normalized spacial score (nSPS) is 6.22. The van der Waals surface area contributed by atoms with Crippen molar-refractivity contribution in [3.05, 3.63) is 79.5 Å². The predicted octanol–water partition coefficient (Wildman–Crippen LogP) is 2.47. The second-order valence-electron chi connectivity index (χ2n) is 2.43. The Bertz CT molecular complexity index is 368. The van der Waals surface area contributed by atoms with E-state index in [9.17, 15) is 4.79 Å². The summed E-state index contributed by atoms with van der Waals surface area (Å²) < 4.78 is 15.0. The minimum Gasteiger partial charge on any atom is -0.214 e. The molecule has 0 N–H and O–H groups in total. The van der Waals surface area contributed by atoms with E-state index in [4.69, 9.17) is 9.30 Å². The van der Waals surface area contributed by atoms with Crippen molar-refractivity contribution in [3.63, 3.8) is 0 Å². The van der Waals surface area contributed by atoms with E-state index in [1.807, 2.05) is 36.4 Å². The van der Waals surface area contributed by atoms with Crippen molar-refractivity contribution >= 4 is 6.29 Å². The summed E-state index contributed by atoms with van der Waals surface area (Å²) in [5.41, 5.74) is 0.604. The van der Waals surface area contributed by atoms with Gasteiger partial charge in [0.05, 0.1) is 6.29 Å². The first-order valence-corrected chi connectivity index (χ1v) is 4.44. The van der Waals surface area contributed by atoms with Crippen molar-refractivity contribution in [1.29, 1.82) is 0 Å². The fourth-order valence-corrected chi connectivity index (χ4v) is 0.827. The van der Waals surface area contributed by atoms with Crippen LogP contribution in [0.15, 0.2) is 60.7 Å². The standard InChI is InChI=1S/C7H5O.C5H5.2CO.Fe/c8-6-7-4-2-1-3-5-7;1-2-4-5-3-1;2*1-2;/h1-5H;1-5H;;;/q2*-1;;;+6. The van der Waals surface area contributed by atoms with Gasteiger partial charge in [-0.3, -0.25) is 0 Å². The van der Waals surface area contributed by atoms with E-state index in [0.717, 1.165) is 0 Å². The molecule has 0 amide bonds. The van der Waals surface area contributed by atoms with Gasteiger partial charge in [-0.1, -0.05) is 6.07 Å². The molecule has 2 aromatic rings. The first-order valence-electron chi connectivity index (χ1n) is 4.44. The number of hydrogen-bond acceptors (Lipinski definition) is 1. The third-order valence-electron chi connectivity index (χ3n) is 1.45. The van der Waals surface area contributed by atoms with Crippen LogP contribution in [0.1, 0.15) is 5.56 Å². The Morgan fingerprint density at radius 2 is 1.33 bits per heavy atom. The van der Waals surface area contributed by atoms with Crippen LogP contribution in [0.2, 0.25) is 0 Å². The van der Waals surface area contributed by atoms with Crippen molar-refractivity contribution in [1.82, 2.24) is 0 Å². The molecule has 0 aliphatic carbocycles. The molecule has 2 aromatic carbocycles. The minimum atomic E-state index is 0. The molecule has 0 spiro atoms. The first-order chi connectivity index (χ1) is 8.43. The van der Waals surface area contributed by atoms with Gasteiger partial charge in [0.2, 0.25) is 0 Å². The molecule has 3 nitrogen and oxygen atoms in total. The van der Waals surface area contributed by atoms with E-state index in [-0.39, 0.29) is 17.1 Å². The monoisotopic (exact) mass is 282 g/mol. The second-order valence-corrected chi connectivity index (χ2v) is 2.43. The Labute approximate surface area is 117 Å². The molecule has 0 bridgehead atoms. The van der Waals surface area contributed by atoms with Gasteiger partial charge in [-0.15, -0.1) is 12.1 Å². The molecule has 18 heavy (non-hydrogen) atoms. The Balaban J connectivity index is -0.000000196. The summed E-state index contributed by atoms with van der Waals surface area (Å²) in [5.74, 6) is 0. The van der Waals surface area contributed by atoms with Crippen LogP contribution < -0.4 is 0 Å². The van der Waals surface area contributed by atoms with E-state index in [0.29, 0.717) is 5.56 Å². The Hall–Kier alpha value is -1.76. The molecular formula is C14H10FeO3+4. The number of carbonyl (C=O) groups excluding carboxylic acids is 1. The molecule has 88 valence electrons. The van der Waals surface area contributed by atoms with Gasteiger partial charge in [0.1, 0.15) is 0 Å². The van der Waals surface area contributed by atoms with Gasteiger partial charge in [-0.05, 0) is 0 Å². The zero-order valence-corrected chi connectivity index (χ0v) is 10.5. The van der Waals surface area contributed by atoms with E-state index >= 15 is 0 Å². The molecule has 4 heteroatoms. The molecule has 0 aromatic heterocycles. The summed E-state index contributed by atoms with van der Waals surface area (Å²) in [4.78, 5) is 9.88. The van der Waals surface area contributed by atoms with Gasteiger partial charge < -0.3 is 4.79 Å². The third kappa shape index (κ3) is 14.2. The van der Waals surface area contributed by atoms with Gasteiger partial charge in [0, 0.05) is 0 Å². The van der Waals surface area contributed by atoms with Crippen LogP contribution >= 0.6 is 0 Å². The SMILES string of the molecule is O=[C-]c1ccccc1.[C-]#[O+].[C-]#[O+].[Fe+6].c1cc[cH-]c1. The van der Waals surface area contributed by atoms with Crippen molar-refractivity contribution in [2.45, 2.75) is 0 Å². The molecule has 0 saturated carbocycles. The average Bonchev–Trinajstić information content (AvgIpc) is 3.03. The summed E-state index contributed by atoms with van der Waals surface area (Å²) >= 11 is 0. The molecule has 0 radical (unpaired) electrons. The van der Waals surface area contributed by atoms with Crippen molar-refractivity contribution in [2.75, 3.05) is 0 Å². The number of benzene rings is 1. The van der Waals surface area contributed by atoms with Crippen LogP contribution in [0.5, 0.6) is 0 Å². The molecule has 0 aliphatic heterocycles. The molecule has 0 heterocycles. The smallest absolute Gasteiger partial charge is 0.214 e. The third-order valence-corrected chi connectivity index (χ3v) is 1.45. The summed E-state index contributed by atoms with van der Waals surface area (Å²) in [5, 5.41) is 0. The van der Waals surface area contributed by atoms with E-state index in [1.165, 1.54) is 0 Å². The fraction of sp³-hybridized carbons (Fsp3) is 0. The Kier molecular flexibility index (Phi) is 24.7. The van der Waals surface area contributed by atoms with Crippen LogP contribution in [0.3, 0.4) is 0 Å². The van der Waals surface area contributed by atoms with Crippen LogP contribution in [0, 0.1) is 13.3 Å². The van der Waals surface area contributed by atoms with Crippen LogP contribution in [0.4, 0.5) is 0 Å². The Morgan fingerprint density at radius 1 is 0.889 bits per heavy atom. The quantitative estimate of drug-likeness (QED) is 0.450. The number of rotatable bonds is 1. The first kappa shape index (κ1) is 21.5. The second kappa shape index (κ2) is 20.6. The largest absolute Gasteiger partial charge is 6.00 e. The summed E-state index contributed by atoms with van der Waals surface area (Å²) in [6.07, 6.45) is 1.78. The maximum absolute atomic E-state index is 9.88. The van der Waals surface area contributed by atoms with Crippen molar-refractivity contribution < 1.29 is 31.2 Å². The zero-order valence-electron chi connectivity index (χ0n) is 9.35. The summed E-state index contributed by atoms with van der Waals surface area (Å²) in [7, 11) is 0. The molecular weight excluding hydrogens is 272 g/mol. The van der Waals surface area contributed by atoms with Crippen molar-refractivity contribution in [3.8, 4) is 0 Å². The molecule has 2 rings (SSSR count). The van der Waals surface area contributed by atoms with Gasteiger partial charge in [0.25, 0.3) is 0 Å². The maximum Gasteiger partial charge on any atom is 6.00 e. The van der Waals surface area contributed by atoms with Crippen molar-refractivity contribution in [2.24, 2.45) is 0 Å². The molecule has 0 atom stereocenters. The van der Waals surface area contributed by atoms with E-state index < -0.39 is 0 Å². The Morgan fingerprint density at radius 3 is 1.56 bits per heavy atom. The van der Waals surface area contributed by atoms with Gasteiger partial charge in [0.15, 0.2) is 0 Å². The molecule has 0 saturated heterocycles. The minimum absolute atomic E-state index is 0. The fourth-order valence-electron chi connectivity index (χ4n) is 0.827. The van der Waals surface area contributed by atoms with Gasteiger partial charge in [-0.2, -0.15) is 35.9 Å². The molecule has 0 aliphatic rings.